The van der Waals surface area contributed by atoms with Crippen LogP contribution < -0.4 is 0 Å². The summed E-state index contributed by atoms with van der Waals surface area (Å²) in [6, 6.07) is 15.2. The normalized spacial score (nSPS) is 12.5. The van der Waals surface area contributed by atoms with Crippen LogP contribution in [0.4, 0.5) is 4.39 Å². The summed E-state index contributed by atoms with van der Waals surface area (Å²) in [5.41, 5.74) is 1.89. The lowest BCUT2D eigenvalue weighted by Crippen LogP contribution is -2.08. The number of nitrogens with zero attached hydrogens (tertiary/aromatic N) is 2. The fraction of sp³-hybridized carbons (Fsp3) is 0.318. The average Bonchev–Trinajstić information content (AvgIpc) is 3.00. The summed E-state index contributed by atoms with van der Waals surface area (Å²) in [4.78, 5) is 5.55. The largest absolute Gasteiger partial charge is 0.369 e. The minimum Gasteiger partial charge on any atom is -0.369 e. The molecule has 0 bridgehead atoms. The molecule has 0 fully saturated rings. The molecule has 3 nitrogen and oxygen atoms in total. The molecule has 0 spiro atoms. The van der Waals surface area contributed by atoms with Gasteiger partial charge in [0.1, 0.15) is 17.5 Å². The van der Waals surface area contributed by atoms with Crippen molar-refractivity contribution in [1.29, 1.82) is 0 Å². The van der Waals surface area contributed by atoms with Crippen LogP contribution in [0.25, 0.3) is 0 Å². The monoisotopic (exact) mass is 452 g/mol. The maximum atomic E-state index is 14.6. The molecule has 1 atom stereocenters. The second kappa shape index (κ2) is 9.98. The molecule has 0 saturated carbocycles. The zero-order valence-electron chi connectivity index (χ0n) is 16.5. The average molecular weight is 453 g/mol. The van der Waals surface area contributed by atoms with E-state index in [9.17, 15) is 4.39 Å². The molecule has 0 N–H and O–H groups in total. The maximum Gasteiger partial charge on any atom is 0.175 e. The Bertz CT molecular complexity index is 941. The van der Waals surface area contributed by atoms with Gasteiger partial charge in [0, 0.05) is 14.9 Å². The van der Waals surface area contributed by atoms with E-state index in [0.29, 0.717) is 22.5 Å². The van der Waals surface area contributed by atoms with E-state index in [2.05, 4.69) is 0 Å². The summed E-state index contributed by atoms with van der Waals surface area (Å²) in [5, 5.41) is 1.82. The molecule has 3 rings (SSSR count). The lowest BCUT2D eigenvalue weighted by atomic mass is 10.1. The Labute approximate surface area is 185 Å². The Hall–Kier alpha value is -1.53. The zero-order chi connectivity index (χ0) is 21.0. The van der Waals surface area contributed by atoms with Gasteiger partial charge in [-0.25, -0.2) is 9.37 Å². The quantitative estimate of drug-likeness (QED) is 0.350. The summed E-state index contributed by atoms with van der Waals surface area (Å²) in [6.45, 7) is 6.25. The Morgan fingerprint density at radius 3 is 2.28 bits per heavy atom. The molecule has 3 aromatic rings. The van der Waals surface area contributed by atoms with E-state index >= 15 is 0 Å². The summed E-state index contributed by atoms with van der Waals surface area (Å²) in [7, 11) is 0. The molecule has 0 saturated heterocycles. The van der Waals surface area contributed by atoms with Crippen molar-refractivity contribution in [3.8, 4) is 0 Å². The summed E-state index contributed by atoms with van der Waals surface area (Å²) in [5.74, 6) is 0.690. The molecule has 7 heteroatoms. The van der Waals surface area contributed by atoms with Crippen molar-refractivity contribution in [2.75, 3.05) is 0 Å². The van der Waals surface area contributed by atoms with E-state index in [1.165, 1.54) is 18.7 Å². The minimum absolute atomic E-state index is 0.125. The van der Waals surface area contributed by atoms with Gasteiger partial charge in [-0.3, -0.25) is 4.57 Å². The number of alkyl halides is 1. The number of halogens is 3. The number of hydrogen-bond acceptors (Lipinski definition) is 3. The first-order valence-corrected chi connectivity index (χ1v) is 10.9. The molecule has 1 heterocycles. The third-order valence-corrected chi connectivity index (χ3v) is 5.77. The van der Waals surface area contributed by atoms with Crippen LogP contribution in [-0.2, 0) is 18.0 Å². The highest BCUT2D eigenvalue weighted by atomic mass is 35.5. The van der Waals surface area contributed by atoms with Crippen molar-refractivity contribution in [2.45, 2.75) is 56.1 Å². The molecule has 2 aromatic carbocycles. The van der Waals surface area contributed by atoms with E-state index in [1.807, 2.05) is 56.3 Å². The molecule has 0 radical (unpaired) electrons. The molecule has 0 aliphatic rings. The Morgan fingerprint density at radius 2 is 1.69 bits per heavy atom. The van der Waals surface area contributed by atoms with E-state index in [4.69, 9.17) is 32.9 Å². The predicted octanol–water partition coefficient (Wildman–Crippen LogP) is 7.67. The first-order chi connectivity index (χ1) is 13.8. The molecule has 29 heavy (non-hydrogen) atoms. The first-order valence-electron chi connectivity index (χ1n) is 9.35. The third kappa shape index (κ3) is 5.76. The van der Waals surface area contributed by atoms with Crippen molar-refractivity contribution in [1.82, 2.24) is 9.55 Å². The third-order valence-electron chi connectivity index (χ3n) is 4.26. The highest BCUT2D eigenvalue weighted by Crippen LogP contribution is 2.39. The smallest absolute Gasteiger partial charge is 0.175 e. The van der Waals surface area contributed by atoms with Crippen LogP contribution in [0, 0.1) is 0 Å². The van der Waals surface area contributed by atoms with Gasteiger partial charge in [-0.15, -0.1) is 0 Å². The van der Waals surface area contributed by atoms with Crippen LogP contribution in [-0.4, -0.2) is 9.55 Å². The molecule has 0 amide bonds. The summed E-state index contributed by atoms with van der Waals surface area (Å²) >= 11 is 13.7. The lowest BCUT2D eigenvalue weighted by molar-refractivity contribution is 0.0933. The highest BCUT2D eigenvalue weighted by molar-refractivity contribution is 7.99. The van der Waals surface area contributed by atoms with Crippen LogP contribution >= 0.6 is 35.0 Å². The van der Waals surface area contributed by atoms with Crippen molar-refractivity contribution >= 4 is 35.0 Å². The Morgan fingerprint density at radius 1 is 1.03 bits per heavy atom. The zero-order valence-corrected chi connectivity index (χ0v) is 18.9. The molecular weight excluding hydrogens is 430 g/mol. The predicted molar refractivity (Wildman–Crippen MR) is 118 cm³/mol. The molecule has 0 aliphatic heterocycles. The Balaban J connectivity index is 1.89. The van der Waals surface area contributed by atoms with E-state index in [-0.39, 0.29) is 12.5 Å². The van der Waals surface area contributed by atoms with Crippen LogP contribution in [0.15, 0.2) is 58.5 Å². The first kappa shape index (κ1) is 22.2. The van der Waals surface area contributed by atoms with Crippen molar-refractivity contribution in [3.05, 3.63) is 75.7 Å². The van der Waals surface area contributed by atoms with Crippen molar-refractivity contribution in [3.63, 3.8) is 0 Å². The number of aromatic nitrogens is 2. The summed E-state index contributed by atoms with van der Waals surface area (Å²) in [6.07, 6.45) is -1.25. The Kier molecular flexibility index (Phi) is 7.63. The fourth-order valence-electron chi connectivity index (χ4n) is 2.96. The summed E-state index contributed by atoms with van der Waals surface area (Å²) < 4.78 is 22.1. The van der Waals surface area contributed by atoms with Gasteiger partial charge in [0.05, 0.1) is 12.3 Å². The fourth-order valence-corrected chi connectivity index (χ4v) is 4.95. The van der Waals surface area contributed by atoms with Gasteiger partial charge >= 0.3 is 0 Å². The van der Waals surface area contributed by atoms with Crippen LogP contribution in [0.2, 0.25) is 10.0 Å². The topological polar surface area (TPSA) is 27.1 Å². The van der Waals surface area contributed by atoms with Gasteiger partial charge in [0.25, 0.3) is 0 Å². The number of hydrogen-bond donors (Lipinski definition) is 0. The number of ether oxygens (including phenoxy) is 1. The van der Waals surface area contributed by atoms with Gasteiger partial charge < -0.3 is 4.74 Å². The van der Waals surface area contributed by atoms with E-state index < -0.39 is 6.30 Å². The van der Waals surface area contributed by atoms with Gasteiger partial charge in [-0.2, -0.15) is 0 Å². The molecule has 1 unspecified atom stereocenters. The van der Waals surface area contributed by atoms with Gasteiger partial charge in [-0.05, 0) is 36.6 Å². The SMILES string of the molecule is CC(C)c1nc(COCc2ccccc2)n(C(C)F)c1Sc1cc(Cl)cc(Cl)c1. The minimum atomic E-state index is -1.25. The molecule has 0 aliphatic carbocycles. The number of imidazole rings is 1. The number of rotatable bonds is 8. The maximum absolute atomic E-state index is 14.6. The van der Waals surface area contributed by atoms with E-state index in [0.717, 1.165) is 21.2 Å². The molecular formula is C22H23Cl2FN2OS. The van der Waals surface area contributed by atoms with Gasteiger partial charge in [0.2, 0.25) is 0 Å². The molecule has 1 aromatic heterocycles. The highest BCUT2D eigenvalue weighted by Gasteiger charge is 2.23. The standard InChI is InChI=1S/C22H23Cl2FN2OS/c1-14(2)21-22(29-19-10-17(23)9-18(24)11-19)27(15(3)25)20(26-21)13-28-12-16-7-5-4-6-8-16/h4-11,14-15H,12-13H2,1-3H3. The van der Waals surface area contributed by atoms with Crippen molar-refractivity contribution < 1.29 is 9.13 Å². The van der Waals surface area contributed by atoms with Crippen LogP contribution in [0.1, 0.15) is 50.1 Å². The second-order valence-corrected chi connectivity index (χ2v) is 8.94. The van der Waals surface area contributed by atoms with E-state index in [1.54, 1.807) is 10.6 Å². The number of benzene rings is 2. The van der Waals surface area contributed by atoms with Gasteiger partial charge in [0.15, 0.2) is 6.30 Å². The van der Waals surface area contributed by atoms with Crippen molar-refractivity contribution in [2.24, 2.45) is 0 Å². The molecule has 154 valence electrons. The van der Waals surface area contributed by atoms with Gasteiger partial charge in [-0.1, -0.05) is 79.1 Å². The van der Waals surface area contributed by atoms with Crippen LogP contribution in [0.3, 0.4) is 0 Å². The van der Waals surface area contributed by atoms with Crippen LogP contribution in [0.5, 0.6) is 0 Å². The second-order valence-electron chi connectivity index (χ2n) is 7.00. The lowest BCUT2D eigenvalue weighted by Gasteiger charge is -2.14.